The fraction of sp³-hybridized carbons (Fsp3) is 0.222. The van der Waals surface area contributed by atoms with Crippen LogP contribution in [0.5, 0.6) is 0 Å². The quantitative estimate of drug-likeness (QED) is 0.887. The molecule has 0 spiro atoms. The molecule has 0 bridgehead atoms. The molecular formula is C18H19N3O. The second-order valence-electron chi connectivity index (χ2n) is 5.05. The Labute approximate surface area is 130 Å². The number of carbonyl (C=O) groups excluding carboxylic acids is 1. The summed E-state index contributed by atoms with van der Waals surface area (Å²) in [7, 11) is 0. The zero-order chi connectivity index (χ0) is 15.9. The van der Waals surface area contributed by atoms with Crippen molar-refractivity contribution >= 4 is 17.3 Å². The van der Waals surface area contributed by atoms with Crippen LogP contribution in [0.3, 0.4) is 0 Å². The molecule has 0 aliphatic rings. The number of hydrogen-bond acceptors (Lipinski definition) is 3. The van der Waals surface area contributed by atoms with Gasteiger partial charge in [-0.3, -0.25) is 4.79 Å². The first-order chi connectivity index (χ1) is 10.6. The van der Waals surface area contributed by atoms with Gasteiger partial charge in [0.2, 0.25) is 5.91 Å². The average Bonchev–Trinajstić information content (AvgIpc) is 2.54. The Morgan fingerprint density at radius 2 is 1.91 bits per heavy atom. The van der Waals surface area contributed by atoms with Crippen molar-refractivity contribution in [2.24, 2.45) is 0 Å². The number of benzene rings is 2. The van der Waals surface area contributed by atoms with E-state index in [1.54, 1.807) is 24.3 Å². The van der Waals surface area contributed by atoms with Gasteiger partial charge in [-0.1, -0.05) is 25.1 Å². The van der Waals surface area contributed by atoms with E-state index in [0.717, 1.165) is 17.7 Å². The van der Waals surface area contributed by atoms with Crippen LogP contribution >= 0.6 is 0 Å². The van der Waals surface area contributed by atoms with Crippen molar-refractivity contribution in [3.05, 3.63) is 59.2 Å². The molecule has 0 saturated heterocycles. The first kappa shape index (κ1) is 15.6. The van der Waals surface area contributed by atoms with E-state index in [4.69, 9.17) is 5.26 Å². The standard InChI is InChI=1S/C18H19N3O/c1-3-15-6-4-5-13(2)18(15)20-12-17(22)21-16-9-7-14(11-19)8-10-16/h4-10,20H,3,12H2,1-2H3,(H,21,22). The number of nitriles is 1. The van der Waals surface area contributed by atoms with E-state index < -0.39 is 0 Å². The highest BCUT2D eigenvalue weighted by molar-refractivity contribution is 5.94. The number of amides is 1. The Bertz CT molecular complexity index is 699. The van der Waals surface area contributed by atoms with Gasteiger partial charge in [0.05, 0.1) is 18.2 Å². The smallest absolute Gasteiger partial charge is 0.243 e. The number of rotatable bonds is 5. The van der Waals surface area contributed by atoms with Gasteiger partial charge in [0, 0.05) is 11.4 Å². The monoisotopic (exact) mass is 293 g/mol. The van der Waals surface area contributed by atoms with Gasteiger partial charge >= 0.3 is 0 Å². The molecule has 2 aromatic carbocycles. The van der Waals surface area contributed by atoms with Gasteiger partial charge in [-0.05, 0) is 48.7 Å². The largest absolute Gasteiger partial charge is 0.376 e. The molecule has 0 aliphatic carbocycles. The molecule has 4 nitrogen and oxygen atoms in total. The van der Waals surface area contributed by atoms with Crippen molar-refractivity contribution in [1.82, 2.24) is 0 Å². The maximum atomic E-state index is 12.0. The second-order valence-corrected chi connectivity index (χ2v) is 5.05. The third kappa shape index (κ3) is 3.86. The van der Waals surface area contributed by atoms with Crippen molar-refractivity contribution in [1.29, 1.82) is 5.26 Å². The summed E-state index contributed by atoms with van der Waals surface area (Å²) in [5.74, 6) is -0.116. The average molecular weight is 293 g/mol. The third-order valence-electron chi connectivity index (χ3n) is 3.46. The van der Waals surface area contributed by atoms with Crippen LogP contribution < -0.4 is 10.6 Å². The van der Waals surface area contributed by atoms with Crippen LogP contribution in [0.2, 0.25) is 0 Å². The zero-order valence-electron chi connectivity index (χ0n) is 12.8. The molecule has 0 radical (unpaired) electrons. The van der Waals surface area contributed by atoms with E-state index in [0.29, 0.717) is 11.3 Å². The molecular weight excluding hydrogens is 274 g/mol. The highest BCUT2D eigenvalue weighted by Crippen LogP contribution is 2.20. The van der Waals surface area contributed by atoms with E-state index >= 15 is 0 Å². The maximum Gasteiger partial charge on any atom is 0.243 e. The summed E-state index contributed by atoms with van der Waals surface area (Å²) < 4.78 is 0. The molecule has 0 fully saturated rings. The molecule has 22 heavy (non-hydrogen) atoms. The summed E-state index contributed by atoms with van der Waals surface area (Å²) in [6, 6.07) is 15.0. The molecule has 4 heteroatoms. The Morgan fingerprint density at radius 1 is 1.18 bits per heavy atom. The van der Waals surface area contributed by atoms with E-state index in [1.165, 1.54) is 5.56 Å². The zero-order valence-corrected chi connectivity index (χ0v) is 12.8. The lowest BCUT2D eigenvalue weighted by atomic mass is 10.1. The van der Waals surface area contributed by atoms with Crippen LogP contribution in [0.4, 0.5) is 11.4 Å². The van der Waals surface area contributed by atoms with Gasteiger partial charge < -0.3 is 10.6 Å². The number of nitrogens with zero attached hydrogens (tertiary/aromatic N) is 1. The number of anilines is 2. The van der Waals surface area contributed by atoms with Gasteiger partial charge in [0.25, 0.3) is 0 Å². The topological polar surface area (TPSA) is 64.9 Å². The molecule has 2 rings (SSSR count). The minimum absolute atomic E-state index is 0.116. The van der Waals surface area contributed by atoms with Crippen LogP contribution in [0, 0.1) is 18.3 Å². The molecule has 2 N–H and O–H groups in total. The third-order valence-corrected chi connectivity index (χ3v) is 3.46. The van der Waals surface area contributed by atoms with Crippen molar-refractivity contribution in [3.63, 3.8) is 0 Å². The Morgan fingerprint density at radius 3 is 2.55 bits per heavy atom. The van der Waals surface area contributed by atoms with E-state index in [-0.39, 0.29) is 12.5 Å². The first-order valence-corrected chi connectivity index (χ1v) is 7.26. The van der Waals surface area contributed by atoms with Gasteiger partial charge in [0.1, 0.15) is 0 Å². The molecule has 0 aromatic heterocycles. The van der Waals surface area contributed by atoms with Crippen LogP contribution in [0.1, 0.15) is 23.6 Å². The highest BCUT2D eigenvalue weighted by Gasteiger charge is 2.07. The van der Waals surface area contributed by atoms with Crippen LogP contribution in [0.15, 0.2) is 42.5 Å². The van der Waals surface area contributed by atoms with Gasteiger partial charge in [0.15, 0.2) is 0 Å². The summed E-state index contributed by atoms with van der Waals surface area (Å²) in [5, 5.41) is 14.8. The van der Waals surface area contributed by atoms with E-state index in [2.05, 4.69) is 23.6 Å². The first-order valence-electron chi connectivity index (χ1n) is 7.26. The SMILES string of the molecule is CCc1cccc(C)c1NCC(=O)Nc1ccc(C#N)cc1. The lowest BCUT2D eigenvalue weighted by molar-refractivity contribution is -0.114. The minimum atomic E-state index is -0.116. The number of para-hydroxylation sites is 1. The van der Waals surface area contributed by atoms with Gasteiger partial charge in [-0.25, -0.2) is 0 Å². The molecule has 0 unspecified atom stereocenters. The van der Waals surface area contributed by atoms with Crippen molar-refractivity contribution in [3.8, 4) is 6.07 Å². The van der Waals surface area contributed by atoms with Crippen LogP contribution in [-0.4, -0.2) is 12.5 Å². The van der Waals surface area contributed by atoms with E-state index in [1.807, 2.05) is 25.1 Å². The van der Waals surface area contributed by atoms with Crippen molar-refractivity contribution < 1.29 is 4.79 Å². The predicted octanol–water partition coefficient (Wildman–Crippen LogP) is 3.48. The normalized spacial score (nSPS) is 9.86. The summed E-state index contributed by atoms with van der Waals surface area (Å²) >= 11 is 0. The Balaban J connectivity index is 1.97. The number of hydrogen-bond donors (Lipinski definition) is 2. The number of carbonyl (C=O) groups is 1. The molecule has 0 saturated carbocycles. The summed E-state index contributed by atoms with van der Waals surface area (Å²) in [5.41, 5.74) is 4.62. The molecule has 1 amide bonds. The van der Waals surface area contributed by atoms with Gasteiger partial charge in [-0.2, -0.15) is 5.26 Å². The molecule has 0 atom stereocenters. The number of nitrogens with one attached hydrogen (secondary N) is 2. The Kier molecular flexibility index (Phi) is 5.16. The summed E-state index contributed by atoms with van der Waals surface area (Å²) in [4.78, 5) is 12.0. The predicted molar refractivity (Wildman–Crippen MR) is 88.8 cm³/mol. The molecule has 2 aromatic rings. The molecule has 0 heterocycles. The molecule has 0 aliphatic heterocycles. The fourth-order valence-electron chi connectivity index (χ4n) is 2.28. The summed E-state index contributed by atoms with van der Waals surface area (Å²) in [6.07, 6.45) is 0.918. The Hall–Kier alpha value is -2.80. The minimum Gasteiger partial charge on any atom is -0.376 e. The van der Waals surface area contributed by atoms with Crippen LogP contribution in [0.25, 0.3) is 0 Å². The van der Waals surface area contributed by atoms with E-state index in [9.17, 15) is 4.79 Å². The lowest BCUT2D eigenvalue weighted by Crippen LogP contribution is -2.22. The second kappa shape index (κ2) is 7.28. The molecule has 112 valence electrons. The number of aryl methyl sites for hydroxylation is 2. The lowest BCUT2D eigenvalue weighted by Gasteiger charge is -2.14. The van der Waals surface area contributed by atoms with Crippen molar-refractivity contribution in [2.75, 3.05) is 17.2 Å². The van der Waals surface area contributed by atoms with Crippen molar-refractivity contribution in [2.45, 2.75) is 20.3 Å². The van der Waals surface area contributed by atoms with Gasteiger partial charge in [-0.15, -0.1) is 0 Å². The summed E-state index contributed by atoms with van der Waals surface area (Å²) in [6.45, 7) is 4.33. The van der Waals surface area contributed by atoms with Crippen LogP contribution in [-0.2, 0) is 11.2 Å². The maximum absolute atomic E-state index is 12.0. The fourth-order valence-corrected chi connectivity index (χ4v) is 2.28. The highest BCUT2D eigenvalue weighted by atomic mass is 16.1.